The molecule has 0 unspecified atom stereocenters. The molecule has 0 amide bonds. The first-order chi connectivity index (χ1) is 10.8. The molecule has 110 valence electrons. The summed E-state index contributed by atoms with van der Waals surface area (Å²) in [5.41, 5.74) is 4.09. The second-order valence-corrected chi connectivity index (χ2v) is 5.34. The molecule has 3 aromatic rings. The Morgan fingerprint density at radius 3 is 2.50 bits per heavy atom. The summed E-state index contributed by atoms with van der Waals surface area (Å²) < 4.78 is 0. The normalized spacial score (nSPS) is 10.6. The lowest BCUT2D eigenvalue weighted by atomic mass is 10.1. The standard InChI is InChI=1S/C18H16ClN3/c19-18-16(12-20-11-14-6-2-1-3-7-14)10-15(13-22-18)17-8-4-5-9-21-17/h1-10,13,20H,11-12H2. The van der Waals surface area contributed by atoms with E-state index in [1.54, 1.807) is 12.4 Å². The molecule has 2 heterocycles. The number of pyridine rings is 2. The number of hydrogen-bond acceptors (Lipinski definition) is 3. The monoisotopic (exact) mass is 309 g/mol. The van der Waals surface area contributed by atoms with E-state index in [9.17, 15) is 0 Å². The predicted molar refractivity (Wildman–Crippen MR) is 89.5 cm³/mol. The molecule has 0 aliphatic heterocycles. The molecule has 1 N–H and O–H groups in total. The smallest absolute Gasteiger partial charge is 0.133 e. The van der Waals surface area contributed by atoms with Gasteiger partial charge in [0.1, 0.15) is 5.15 Å². The largest absolute Gasteiger partial charge is 0.309 e. The highest BCUT2D eigenvalue weighted by Crippen LogP contribution is 2.21. The fourth-order valence-electron chi connectivity index (χ4n) is 2.23. The van der Waals surface area contributed by atoms with Crippen LogP contribution in [0.25, 0.3) is 11.3 Å². The van der Waals surface area contributed by atoms with Crippen LogP contribution in [0.1, 0.15) is 11.1 Å². The molecular weight excluding hydrogens is 294 g/mol. The molecule has 0 radical (unpaired) electrons. The van der Waals surface area contributed by atoms with E-state index in [1.165, 1.54) is 5.56 Å². The minimum atomic E-state index is 0.528. The maximum atomic E-state index is 6.19. The molecule has 0 fully saturated rings. The van der Waals surface area contributed by atoms with Crippen LogP contribution in [-0.2, 0) is 13.1 Å². The maximum absolute atomic E-state index is 6.19. The Labute approximate surface area is 135 Å². The van der Waals surface area contributed by atoms with Crippen LogP contribution in [0.4, 0.5) is 0 Å². The van der Waals surface area contributed by atoms with Crippen LogP contribution in [-0.4, -0.2) is 9.97 Å². The van der Waals surface area contributed by atoms with Crippen LogP contribution in [0.5, 0.6) is 0 Å². The van der Waals surface area contributed by atoms with Crippen molar-refractivity contribution in [2.45, 2.75) is 13.1 Å². The number of benzene rings is 1. The van der Waals surface area contributed by atoms with Crippen LogP contribution in [0, 0.1) is 0 Å². The fourth-order valence-corrected chi connectivity index (χ4v) is 2.40. The number of nitrogens with one attached hydrogen (secondary N) is 1. The molecule has 3 nitrogen and oxygen atoms in total. The van der Waals surface area contributed by atoms with Crippen LogP contribution in [0.15, 0.2) is 67.0 Å². The van der Waals surface area contributed by atoms with Crippen molar-refractivity contribution in [3.8, 4) is 11.3 Å². The average Bonchev–Trinajstić information content (AvgIpc) is 2.58. The summed E-state index contributed by atoms with van der Waals surface area (Å²) >= 11 is 6.19. The van der Waals surface area contributed by atoms with E-state index in [0.717, 1.165) is 23.4 Å². The second kappa shape index (κ2) is 7.16. The lowest BCUT2D eigenvalue weighted by Crippen LogP contribution is -2.13. The quantitative estimate of drug-likeness (QED) is 0.721. The summed E-state index contributed by atoms with van der Waals surface area (Å²) in [6.07, 6.45) is 3.53. The first-order valence-corrected chi connectivity index (χ1v) is 7.51. The van der Waals surface area contributed by atoms with Gasteiger partial charge in [-0.15, -0.1) is 0 Å². The van der Waals surface area contributed by atoms with Gasteiger partial charge in [-0.05, 0) is 23.8 Å². The molecule has 0 aliphatic rings. The van der Waals surface area contributed by atoms with E-state index in [0.29, 0.717) is 11.7 Å². The second-order valence-electron chi connectivity index (χ2n) is 4.98. The number of nitrogens with zero attached hydrogens (tertiary/aromatic N) is 2. The third-order valence-corrected chi connectivity index (χ3v) is 3.70. The Bertz CT molecular complexity index is 730. The Hall–Kier alpha value is -2.23. The van der Waals surface area contributed by atoms with Crippen molar-refractivity contribution in [1.82, 2.24) is 15.3 Å². The summed E-state index contributed by atoms with van der Waals surface area (Å²) in [6.45, 7) is 1.46. The van der Waals surface area contributed by atoms with Gasteiger partial charge in [0.15, 0.2) is 0 Å². The van der Waals surface area contributed by atoms with Gasteiger partial charge >= 0.3 is 0 Å². The van der Waals surface area contributed by atoms with Gasteiger partial charge in [-0.3, -0.25) is 4.98 Å². The lowest BCUT2D eigenvalue weighted by Gasteiger charge is -2.08. The van der Waals surface area contributed by atoms with E-state index in [-0.39, 0.29) is 0 Å². The molecule has 0 aliphatic carbocycles. The molecule has 3 rings (SSSR count). The first-order valence-electron chi connectivity index (χ1n) is 7.13. The van der Waals surface area contributed by atoms with Crippen molar-refractivity contribution in [3.05, 3.63) is 83.3 Å². The zero-order valence-electron chi connectivity index (χ0n) is 12.0. The van der Waals surface area contributed by atoms with Gasteiger partial charge in [0, 0.05) is 36.6 Å². The van der Waals surface area contributed by atoms with E-state index >= 15 is 0 Å². The van der Waals surface area contributed by atoms with E-state index in [2.05, 4.69) is 27.4 Å². The molecule has 0 spiro atoms. The maximum Gasteiger partial charge on any atom is 0.133 e. The van der Waals surface area contributed by atoms with Crippen molar-refractivity contribution >= 4 is 11.6 Å². The zero-order valence-corrected chi connectivity index (χ0v) is 12.8. The zero-order chi connectivity index (χ0) is 15.2. The molecule has 1 aromatic carbocycles. The Morgan fingerprint density at radius 2 is 1.73 bits per heavy atom. The van der Waals surface area contributed by atoms with E-state index in [1.807, 2.05) is 42.5 Å². The van der Waals surface area contributed by atoms with Crippen molar-refractivity contribution in [1.29, 1.82) is 0 Å². The van der Waals surface area contributed by atoms with E-state index < -0.39 is 0 Å². The molecule has 2 aromatic heterocycles. The number of aromatic nitrogens is 2. The van der Waals surface area contributed by atoms with Gasteiger partial charge in [-0.1, -0.05) is 48.0 Å². The summed E-state index contributed by atoms with van der Waals surface area (Å²) in [5, 5.41) is 3.92. The highest BCUT2D eigenvalue weighted by atomic mass is 35.5. The topological polar surface area (TPSA) is 37.8 Å². The summed E-state index contributed by atoms with van der Waals surface area (Å²) in [7, 11) is 0. The Kier molecular flexibility index (Phi) is 4.78. The Balaban J connectivity index is 1.71. The number of halogens is 1. The average molecular weight is 310 g/mol. The predicted octanol–water partition coefficient (Wildman–Crippen LogP) is 4.09. The molecule has 0 bridgehead atoms. The van der Waals surface area contributed by atoms with Crippen molar-refractivity contribution in [3.63, 3.8) is 0 Å². The molecule has 0 saturated carbocycles. The van der Waals surface area contributed by atoms with Crippen molar-refractivity contribution in [2.75, 3.05) is 0 Å². The van der Waals surface area contributed by atoms with Gasteiger partial charge in [0.25, 0.3) is 0 Å². The molecule has 0 saturated heterocycles. The van der Waals surface area contributed by atoms with E-state index in [4.69, 9.17) is 11.6 Å². The van der Waals surface area contributed by atoms with Crippen LogP contribution in [0.3, 0.4) is 0 Å². The van der Waals surface area contributed by atoms with Crippen molar-refractivity contribution in [2.24, 2.45) is 0 Å². The Morgan fingerprint density at radius 1 is 0.909 bits per heavy atom. The summed E-state index contributed by atoms with van der Waals surface area (Å²) in [6, 6.07) is 18.1. The van der Waals surface area contributed by atoms with Gasteiger partial charge in [0.2, 0.25) is 0 Å². The highest BCUT2D eigenvalue weighted by Gasteiger charge is 2.06. The van der Waals surface area contributed by atoms with Crippen LogP contribution >= 0.6 is 11.6 Å². The fraction of sp³-hybridized carbons (Fsp3) is 0.111. The lowest BCUT2D eigenvalue weighted by molar-refractivity contribution is 0.692. The molecule has 0 atom stereocenters. The SMILES string of the molecule is Clc1ncc(-c2ccccn2)cc1CNCc1ccccc1. The van der Waals surface area contributed by atoms with Gasteiger partial charge in [0.05, 0.1) is 5.69 Å². The minimum Gasteiger partial charge on any atom is -0.309 e. The molecule has 4 heteroatoms. The number of hydrogen-bond donors (Lipinski definition) is 1. The third kappa shape index (κ3) is 3.70. The minimum absolute atomic E-state index is 0.528. The number of rotatable bonds is 5. The summed E-state index contributed by atoms with van der Waals surface area (Å²) in [5.74, 6) is 0. The summed E-state index contributed by atoms with van der Waals surface area (Å²) in [4.78, 5) is 8.61. The third-order valence-electron chi connectivity index (χ3n) is 3.36. The molecular formula is C18H16ClN3. The van der Waals surface area contributed by atoms with Gasteiger partial charge in [-0.25, -0.2) is 4.98 Å². The van der Waals surface area contributed by atoms with Crippen LogP contribution in [0.2, 0.25) is 5.15 Å². The van der Waals surface area contributed by atoms with Crippen LogP contribution < -0.4 is 5.32 Å². The first kappa shape index (κ1) is 14.7. The van der Waals surface area contributed by atoms with Gasteiger partial charge < -0.3 is 5.32 Å². The molecule has 22 heavy (non-hydrogen) atoms. The highest BCUT2D eigenvalue weighted by molar-refractivity contribution is 6.30. The van der Waals surface area contributed by atoms with Gasteiger partial charge in [-0.2, -0.15) is 0 Å². The van der Waals surface area contributed by atoms with Crippen molar-refractivity contribution < 1.29 is 0 Å².